The Labute approximate surface area is 124 Å². The van der Waals surface area contributed by atoms with Crippen molar-refractivity contribution in [3.05, 3.63) is 0 Å². The van der Waals surface area contributed by atoms with Crippen LogP contribution in [-0.4, -0.2) is 54.8 Å². The van der Waals surface area contributed by atoms with Gasteiger partial charge in [-0.3, -0.25) is 0 Å². The highest BCUT2D eigenvalue weighted by Gasteiger charge is 2.36. The Hall–Kier alpha value is -0.170. The van der Waals surface area contributed by atoms with Crippen LogP contribution in [0.1, 0.15) is 53.9 Å². The molecule has 1 aliphatic heterocycles. The molecule has 0 bridgehead atoms. The zero-order valence-electron chi connectivity index (χ0n) is 13.6. The molecule has 0 aromatic rings. The van der Waals surface area contributed by atoms with E-state index < -0.39 is 10.2 Å². The maximum Gasteiger partial charge on any atom is 0.282 e. The van der Waals surface area contributed by atoms with Crippen LogP contribution in [0.2, 0.25) is 0 Å². The molecule has 0 aliphatic carbocycles. The summed E-state index contributed by atoms with van der Waals surface area (Å²) in [6, 6.07) is 0.475. The van der Waals surface area contributed by atoms with Crippen LogP contribution >= 0.6 is 0 Å². The smallest absolute Gasteiger partial charge is 0.282 e. The molecule has 6 heteroatoms. The van der Waals surface area contributed by atoms with Gasteiger partial charge in [0.15, 0.2) is 0 Å². The van der Waals surface area contributed by atoms with Gasteiger partial charge in [0.25, 0.3) is 10.2 Å². The second-order valence-electron chi connectivity index (χ2n) is 6.13. The average Bonchev–Trinajstić information content (AvgIpc) is 2.36. The van der Waals surface area contributed by atoms with Gasteiger partial charge in [-0.25, -0.2) is 0 Å². The molecule has 1 fully saturated rings. The lowest BCUT2D eigenvalue weighted by Gasteiger charge is -2.39. The highest BCUT2D eigenvalue weighted by molar-refractivity contribution is 7.86. The second kappa shape index (κ2) is 7.73. The fraction of sp³-hybridized carbons (Fsp3) is 1.00. The van der Waals surface area contributed by atoms with Crippen LogP contribution in [0.3, 0.4) is 0 Å². The van der Waals surface area contributed by atoms with Gasteiger partial charge in [-0.1, -0.05) is 27.2 Å². The topological polar surface area (TPSA) is 52.7 Å². The Morgan fingerprint density at radius 3 is 2.40 bits per heavy atom. The molecule has 1 atom stereocenters. The van der Waals surface area contributed by atoms with Gasteiger partial charge in [0.1, 0.15) is 0 Å². The van der Waals surface area contributed by atoms with Crippen LogP contribution in [0.15, 0.2) is 0 Å². The van der Waals surface area contributed by atoms with E-state index in [9.17, 15) is 8.42 Å². The van der Waals surface area contributed by atoms with Gasteiger partial charge in [-0.15, -0.1) is 0 Å². The maximum absolute atomic E-state index is 12.8. The predicted molar refractivity (Wildman–Crippen MR) is 83.9 cm³/mol. The molecule has 1 unspecified atom stereocenters. The first kappa shape index (κ1) is 17.9. The zero-order valence-corrected chi connectivity index (χ0v) is 14.4. The minimum Gasteiger partial charge on any atom is -0.313 e. The van der Waals surface area contributed by atoms with E-state index in [0.29, 0.717) is 19.1 Å². The highest BCUT2D eigenvalue weighted by Crippen LogP contribution is 2.23. The number of nitrogens with zero attached hydrogens (tertiary/aromatic N) is 2. The highest BCUT2D eigenvalue weighted by atomic mass is 32.2. The molecule has 1 aliphatic rings. The second-order valence-corrected chi connectivity index (χ2v) is 7.96. The van der Waals surface area contributed by atoms with Crippen LogP contribution in [0.5, 0.6) is 0 Å². The maximum atomic E-state index is 12.8. The molecular formula is C14H31N3O2S. The van der Waals surface area contributed by atoms with E-state index in [2.05, 4.69) is 19.2 Å². The average molecular weight is 305 g/mol. The molecule has 0 aromatic carbocycles. The van der Waals surface area contributed by atoms with Crippen molar-refractivity contribution < 1.29 is 8.42 Å². The van der Waals surface area contributed by atoms with E-state index in [-0.39, 0.29) is 12.1 Å². The van der Waals surface area contributed by atoms with Crippen LogP contribution in [0.4, 0.5) is 0 Å². The third kappa shape index (κ3) is 4.41. The van der Waals surface area contributed by atoms with Crippen molar-refractivity contribution in [1.82, 2.24) is 13.9 Å². The van der Waals surface area contributed by atoms with E-state index in [1.807, 2.05) is 20.8 Å². The SMILES string of the molecule is CCN(C(C)C)S(=O)(=O)N1CCCCC1CNC(C)C. The monoisotopic (exact) mass is 305 g/mol. The third-order valence-corrected chi connectivity index (χ3v) is 6.16. The molecule has 1 heterocycles. The van der Waals surface area contributed by atoms with Crippen molar-refractivity contribution in [2.75, 3.05) is 19.6 Å². The quantitative estimate of drug-likeness (QED) is 0.780. The van der Waals surface area contributed by atoms with Crippen molar-refractivity contribution in [1.29, 1.82) is 0 Å². The van der Waals surface area contributed by atoms with Crippen molar-refractivity contribution in [2.45, 2.75) is 72.0 Å². The summed E-state index contributed by atoms with van der Waals surface area (Å²) in [6.45, 7) is 11.9. The van der Waals surface area contributed by atoms with E-state index in [4.69, 9.17) is 0 Å². The Balaban J connectivity index is 2.87. The molecule has 0 spiro atoms. The number of hydrogen-bond donors (Lipinski definition) is 1. The lowest BCUT2D eigenvalue weighted by atomic mass is 10.0. The van der Waals surface area contributed by atoms with Crippen LogP contribution in [0, 0.1) is 0 Å². The summed E-state index contributed by atoms with van der Waals surface area (Å²) in [5, 5.41) is 3.38. The standard InChI is InChI=1S/C14H31N3O2S/c1-6-16(13(4)5)20(18,19)17-10-8-7-9-14(17)11-15-12(2)3/h12-15H,6-11H2,1-5H3. The molecule has 0 aromatic heterocycles. The van der Waals surface area contributed by atoms with Gasteiger partial charge in [-0.2, -0.15) is 17.0 Å². The van der Waals surface area contributed by atoms with Crippen LogP contribution in [0.25, 0.3) is 0 Å². The van der Waals surface area contributed by atoms with Gasteiger partial charge in [0, 0.05) is 37.8 Å². The molecule has 120 valence electrons. The minimum absolute atomic E-state index is 0.00522. The summed E-state index contributed by atoms with van der Waals surface area (Å²) in [5.41, 5.74) is 0. The van der Waals surface area contributed by atoms with Crippen molar-refractivity contribution in [3.63, 3.8) is 0 Å². The molecule has 0 amide bonds. The predicted octanol–water partition coefficient (Wildman–Crippen LogP) is 1.81. The Morgan fingerprint density at radius 1 is 1.25 bits per heavy atom. The Morgan fingerprint density at radius 2 is 1.90 bits per heavy atom. The molecule has 1 rings (SSSR count). The summed E-state index contributed by atoms with van der Waals surface area (Å²) >= 11 is 0. The van der Waals surface area contributed by atoms with E-state index in [1.165, 1.54) is 0 Å². The van der Waals surface area contributed by atoms with Crippen molar-refractivity contribution in [2.24, 2.45) is 0 Å². The van der Waals surface area contributed by atoms with Crippen LogP contribution < -0.4 is 5.32 Å². The van der Waals surface area contributed by atoms with Gasteiger partial charge in [0.2, 0.25) is 0 Å². The van der Waals surface area contributed by atoms with Gasteiger partial charge in [0.05, 0.1) is 0 Å². The Bertz CT molecular complexity index is 382. The lowest BCUT2D eigenvalue weighted by Crippen LogP contribution is -2.55. The van der Waals surface area contributed by atoms with Crippen LogP contribution in [-0.2, 0) is 10.2 Å². The first-order valence-electron chi connectivity index (χ1n) is 7.82. The summed E-state index contributed by atoms with van der Waals surface area (Å²) in [4.78, 5) is 0. The molecule has 0 saturated carbocycles. The molecule has 1 N–H and O–H groups in total. The summed E-state index contributed by atoms with van der Waals surface area (Å²) in [7, 11) is -3.34. The van der Waals surface area contributed by atoms with E-state index in [0.717, 1.165) is 25.8 Å². The van der Waals surface area contributed by atoms with E-state index in [1.54, 1.807) is 8.61 Å². The molecule has 1 saturated heterocycles. The molecular weight excluding hydrogens is 274 g/mol. The fourth-order valence-corrected chi connectivity index (χ4v) is 4.83. The van der Waals surface area contributed by atoms with Crippen molar-refractivity contribution in [3.8, 4) is 0 Å². The molecule has 0 radical (unpaired) electrons. The number of hydrogen-bond acceptors (Lipinski definition) is 3. The summed E-state index contributed by atoms with van der Waals surface area (Å²) in [6.07, 6.45) is 3.03. The van der Waals surface area contributed by atoms with Crippen molar-refractivity contribution >= 4 is 10.2 Å². The van der Waals surface area contributed by atoms with E-state index >= 15 is 0 Å². The minimum atomic E-state index is -3.34. The van der Waals surface area contributed by atoms with Gasteiger partial charge < -0.3 is 5.32 Å². The lowest BCUT2D eigenvalue weighted by molar-refractivity contribution is 0.217. The molecule has 5 nitrogen and oxygen atoms in total. The number of rotatable bonds is 7. The Kier molecular flexibility index (Phi) is 6.91. The normalized spacial score (nSPS) is 22.1. The summed E-state index contributed by atoms with van der Waals surface area (Å²) < 4.78 is 29.0. The fourth-order valence-electron chi connectivity index (χ4n) is 2.78. The summed E-state index contributed by atoms with van der Waals surface area (Å²) in [5.74, 6) is 0. The largest absolute Gasteiger partial charge is 0.313 e. The zero-order chi connectivity index (χ0) is 15.3. The molecule has 20 heavy (non-hydrogen) atoms. The third-order valence-electron chi connectivity index (χ3n) is 3.82. The number of piperidine rings is 1. The number of nitrogens with one attached hydrogen (secondary N) is 1. The first-order valence-corrected chi connectivity index (χ1v) is 9.22. The van der Waals surface area contributed by atoms with Gasteiger partial charge >= 0.3 is 0 Å². The van der Waals surface area contributed by atoms with Gasteiger partial charge in [-0.05, 0) is 26.7 Å². The first-order chi connectivity index (χ1) is 9.30.